The fraction of sp³-hybridized carbons (Fsp3) is 0.347. The van der Waals surface area contributed by atoms with E-state index in [1.807, 2.05) is 147 Å². The molecule has 23 nitrogen and oxygen atoms in total. The Morgan fingerprint density at radius 3 is 1.31 bits per heavy atom. The van der Waals surface area contributed by atoms with Crippen LogP contribution in [0.4, 0.5) is 21.5 Å². The summed E-state index contributed by atoms with van der Waals surface area (Å²) >= 11 is 6.04. The molecule has 13 heterocycles. The molecule has 0 radical (unpaired) electrons. The summed E-state index contributed by atoms with van der Waals surface area (Å²) in [5, 5.41) is 8.61. The summed E-state index contributed by atoms with van der Waals surface area (Å²) in [5.74, 6) is 1.06. The topological polar surface area (TPSA) is 213 Å². The van der Waals surface area contributed by atoms with Crippen molar-refractivity contribution >= 4 is 102 Å². The molecule has 0 N–H and O–H groups in total. The van der Waals surface area contributed by atoms with Gasteiger partial charge in [0.05, 0.1) is 119 Å². The SMILES string of the molecule is Cc1c(C(=O)CN2CCCCC2)c2ncccc2n1-c1ccc(Cl)cc1.[C-]#[N+]c1ccc(-n2c(C)c(C(=O)CN3CCCC(F)C3)c3ncc(C)cc32)cc1.[C-]#[N+]c1ccc(-n2c(C)c(C(=O)CN3CCCCC3)c3nc(-n4ccnn4)ccc32)cc1.[C-]#[N+]c1ccc(-n2c(C)c(C(=O)CN3CCCCC3)c3nc(C)c(CCC(C)=O)cc32)cc1. The van der Waals surface area contributed by atoms with Crippen LogP contribution in [0, 0.1) is 61.3 Å². The first-order valence-corrected chi connectivity index (χ1v) is 41.7. The molecule has 1 atom stereocenters. The van der Waals surface area contributed by atoms with E-state index in [1.165, 1.54) is 32.1 Å². The van der Waals surface area contributed by atoms with Crippen LogP contribution in [0.15, 0.2) is 158 Å². The number of likely N-dealkylation sites (tertiary alicyclic amines) is 4. The van der Waals surface area contributed by atoms with E-state index in [0.29, 0.717) is 107 Å². The van der Waals surface area contributed by atoms with Gasteiger partial charge in [-0.1, -0.05) is 72.5 Å². The zero-order valence-corrected chi connectivity index (χ0v) is 69.9. The highest BCUT2D eigenvalue weighted by Gasteiger charge is 2.31. The van der Waals surface area contributed by atoms with Gasteiger partial charge >= 0.3 is 0 Å². The maximum atomic E-state index is 13.8. The fourth-order valence-corrected chi connectivity index (χ4v) is 17.4. The second-order valence-corrected chi connectivity index (χ2v) is 32.1. The van der Waals surface area contributed by atoms with Crippen molar-refractivity contribution < 1.29 is 28.4 Å². The van der Waals surface area contributed by atoms with Crippen molar-refractivity contribution in [2.45, 2.75) is 138 Å². The van der Waals surface area contributed by atoms with Crippen LogP contribution in [0.3, 0.4) is 0 Å². The first-order valence-electron chi connectivity index (χ1n) is 41.4. The van der Waals surface area contributed by atoms with Gasteiger partial charge in [-0.3, -0.25) is 53.7 Å². The van der Waals surface area contributed by atoms with Crippen molar-refractivity contribution in [3.63, 3.8) is 0 Å². The smallest absolute Gasteiger partial charge is 0.187 e. The summed E-state index contributed by atoms with van der Waals surface area (Å²) in [6.07, 6.45) is 19.1. The molecule has 0 bridgehead atoms. The average Bonchev–Trinajstić information content (AvgIpc) is 1.61. The summed E-state index contributed by atoms with van der Waals surface area (Å²) in [4.78, 5) is 103. The Bertz CT molecular complexity index is 6080. The number of aromatic nitrogens is 11. The number of hydrogen-bond donors (Lipinski definition) is 0. The number of fused-ring (bicyclic) bond motifs is 4. The van der Waals surface area contributed by atoms with E-state index < -0.39 is 6.17 Å². The number of pyridine rings is 4. The maximum absolute atomic E-state index is 13.8. The van der Waals surface area contributed by atoms with Gasteiger partial charge < -0.3 is 23.1 Å². The van der Waals surface area contributed by atoms with Crippen LogP contribution in [0.5, 0.6) is 0 Å². The molecule has 9 aromatic heterocycles. The number of alkyl halides is 1. The molecule has 4 saturated heterocycles. The van der Waals surface area contributed by atoms with E-state index in [9.17, 15) is 28.4 Å². The molecule has 4 aliphatic heterocycles. The molecule has 4 aromatic carbocycles. The van der Waals surface area contributed by atoms with Gasteiger partial charge in [-0.25, -0.2) is 28.6 Å². The molecule has 13 aromatic rings. The minimum Gasteiger partial charge on any atom is -0.312 e. The van der Waals surface area contributed by atoms with Gasteiger partial charge in [0.25, 0.3) is 0 Å². The van der Waals surface area contributed by atoms with Crippen molar-refractivity contribution in [3.8, 4) is 28.6 Å². The molecule has 0 aliphatic carbocycles. The lowest BCUT2D eigenvalue weighted by atomic mass is 10.0. The Morgan fingerprint density at radius 1 is 0.458 bits per heavy atom. The number of rotatable bonds is 20. The second-order valence-electron chi connectivity index (χ2n) is 31.7. The number of halogens is 2. The number of carbonyl (C=O) groups is 5. The van der Waals surface area contributed by atoms with Crippen LogP contribution < -0.4 is 0 Å². The number of carbonyl (C=O) groups excluding carboxylic acids is 5. The average molecular weight is 1630 g/mol. The zero-order chi connectivity index (χ0) is 84.3. The highest BCUT2D eigenvalue weighted by atomic mass is 35.5. The van der Waals surface area contributed by atoms with Gasteiger partial charge in [0.1, 0.15) is 17.5 Å². The third-order valence-corrected chi connectivity index (χ3v) is 23.5. The van der Waals surface area contributed by atoms with Gasteiger partial charge in [0.2, 0.25) is 0 Å². The molecule has 1 unspecified atom stereocenters. The first-order chi connectivity index (χ1) is 58.2. The Kier molecular flexibility index (Phi) is 26.7. The van der Waals surface area contributed by atoms with E-state index in [0.717, 1.165) is 173 Å². The largest absolute Gasteiger partial charge is 0.312 e. The summed E-state index contributed by atoms with van der Waals surface area (Å²) in [5.41, 5.74) is 20.7. The number of benzene rings is 4. The standard InChI is InChI=1S/C27H30N4O2.C24H23N7O.C23H23FN4O.C21H22ClN3O/c1-18(32)8-9-21-16-24-27(29-19(21)2)26(25(33)17-30-14-6-5-7-15-30)20(3)31(24)23-12-10-22(28-4)11-13-23;1-17-23(21(32)16-29-13-4-3-5-14-29)24-20(10-11-22(27-24)30-15-12-26-28-30)31(17)19-8-6-18(25-2)7-9-19;1-15-11-20-23(26-12-15)22(21(29)14-27-10-4-5-17(24)13-27)16(2)28(20)19-8-6-18(25-3)7-9-19;1-15-20(19(26)14-24-12-3-2-4-13-24)21-18(6-5-11-23-21)25(15)17-9-7-16(22)8-10-17/h10-13,16H,5-9,14-15,17H2,1-3H3;6-12,15H,3-5,13-14,16H2,1H3;6-9,11-12,17H,4-5,10,13-14H2,1-2H3;5-11H,2-4,12-14H2,1H3. The van der Waals surface area contributed by atoms with Gasteiger partial charge in [0, 0.05) is 81.6 Å². The predicted octanol–water partition coefficient (Wildman–Crippen LogP) is 19.0. The molecule has 4 aliphatic rings. The summed E-state index contributed by atoms with van der Waals surface area (Å²) in [6.45, 7) is 43.4. The van der Waals surface area contributed by atoms with E-state index in [1.54, 1.807) is 72.8 Å². The maximum Gasteiger partial charge on any atom is 0.187 e. The van der Waals surface area contributed by atoms with Crippen molar-refractivity contribution in [1.82, 2.24) is 72.8 Å². The third kappa shape index (κ3) is 18.7. The van der Waals surface area contributed by atoms with Crippen LogP contribution in [-0.2, 0) is 11.2 Å². The Labute approximate surface area is 703 Å². The lowest BCUT2D eigenvalue weighted by Gasteiger charge is -2.28. The van der Waals surface area contributed by atoms with Crippen LogP contribution in [-0.4, -0.2) is 186 Å². The van der Waals surface area contributed by atoms with E-state index in [4.69, 9.17) is 41.3 Å². The van der Waals surface area contributed by atoms with Crippen molar-refractivity contribution in [2.75, 3.05) is 78.5 Å². The number of piperidine rings is 4. The van der Waals surface area contributed by atoms with Gasteiger partial charge in [-0.2, -0.15) is 0 Å². The molecular formula is C95H98ClFN18O5. The van der Waals surface area contributed by atoms with Crippen LogP contribution in [0.25, 0.3) is 87.2 Å². The van der Waals surface area contributed by atoms with Crippen LogP contribution >= 0.6 is 11.6 Å². The van der Waals surface area contributed by atoms with Crippen molar-refractivity contribution in [2.24, 2.45) is 0 Å². The number of hydrogen-bond acceptors (Lipinski definition) is 15. The fourth-order valence-electron chi connectivity index (χ4n) is 17.3. The molecule has 4 fully saturated rings. The highest BCUT2D eigenvalue weighted by Crippen LogP contribution is 2.37. The normalized spacial score (nSPS) is 15.4. The Balaban J connectivity index is 0.000000131. The molecule has 17 rings (SSSR count). The Morgan fingerprint density at radius 2 is 0.867 bits per heavy atom. The second kappa shape index (κ2) is 38.2. The van der Waals surface area contributed by atoms with E-state index in [2.05, 4.69) is 64.7 Å². The molecule has 25 heteroatoms. The van der Waals surface area contributed by atoms with Crippen LogP contribution in [0.2, 0.25) is 5.02 Å². The third-order valence-electron chi connectivity index (χ3n) is 23.2. The van der Waals surface area contributed by atoms with Crippen LogP contribution in [0.1, 0.15) is 165 Å². The minimum atomic E-state index is -0.860. The predicted molar refractivity (Wildman–Crippen MR) is 469 cm³/mol. The highest BCUT2D eigenvalue weighted by molar-refractivity contribution is 6.30. The number of ketones is 5. The monoisotopic (exact) mass is 1620 g/mol. The number of aryl methyl sites for hydroxylation is 3. The quantitative estimate of drug-likeness (QED) is 0.0513. The lowest BCUT2D eigenvalue weighted by molar-refractivity contribution is -0.117. The van der Waals surface area contributed by atoms with E-state index >= 15 is 0 Å². The summed E-state index contributed by atoms with van der Waals surface area (Å²) in [7, 11) is 0. The first kappa shape index (κ1) is 84.1. The van der Waals surface area contributed by atoms with Crippen molar-refractivity contribution in [1.29, 1.82) is 0 Å². The van der Waals surface area contributed by atoms with Crippen molar-refractivity contribution in [3.05, 3.63) is 259 Å². The zero-order valence-electron chi connectivity index (χ0n) is 69.1. The summed E-state index contributed by atoms with van der Waals surface area (Å²) < 4.78 is 23.6. The molecule has 0 amide bonds. The molecular weight excluding hydrogens is 1530 g/mol. The molecule has 0 spiro atoms. The van der Waals surface area contributed by atoms with E-state index in [-0.39, 0.29) is 35.5 Å². The van der Waals surface area contributed by atoms with Gasteiger partial charge in [0.15, 0.2) is 46.0 Å². The summed E-state index contributed by atoms with van der Waals surface area (Å²) in [6, 6.07) is 41.7. The van der Waals surface area contributed by atoms with Gasteiger partial charge in [-0.05, 0) is 260 Å². The minimum absolute atomic E-state index is 0.0329. The number of nitrogens with zero attached hydrogens (tertiary/aromatic N) is 18. The number of Topliss-reactive ketones (excluding diaryl/α,β-unsaturated/α-hetero) is 5. The lowest BCUT2D eigenvalue weighted by Crippen LogP contribution is -2.39. The Hall–Kier alpha value is -12.3. The van der Waals surface area contributed by atoms with Gasteiger partial charge in [-0.15, -0.1) is 5.10 Å². The molecule has 0 saturated carbocycles. The molecule has 612 valence electrons. The molecule has 120 heavy (non-hydrogen) atoms.